The van der Waals surface area contributed by atoms with Crippen molar-refractivity contribution in [3.8, 4) is 17.2 Å². The summed E-state index contributed by atoms with van der Waals surface area (Å²) in [6, 6.07) is 9.77. The van der Waals surface area contributed by atoms with Crippen LogP contribution in [0.3, 0.4) is 0 Å². The quantitative estimate of drug-likeness (QED) is 0.266. The van der Waals surface area contributed by atoms with Crippen molar-refractivity contribution in [3.63, 3.8) is 0 Å². The van der Waals surface area contributed by atoms with Crippen molar-refractivity contribution in [1.29, 1.82) is 0 Å². The third-order valence-corrected chi connectivity index (χ3v) is 4.22. The van der Waals surface area contributed by atoms with Gasteiger partial charge < -0.3 is 30.6 Å². The molecule has 0 radical (unpaired) electrons. The van der Waals surface area contributed by atoms with E-state index < -0.39 is 12.5 Å². The first-order chi connectivity index (χ1) is 14.5. The molecule has 1 heterocycles. The molecule has 2 aromatic carbocycles. The molecule has 0 bridgehead atoms. The summed E-state index contributed by atoms with van der Waals surface area (Å²) in [4.78, 5) is 15.6. The molecule has 3 rings (SSSR count). The van der Waals surface area contributed by atoms with Crippen molar-refractivity contribution in [3.05, 3.63) is 53.1 Å². The fourth-order valence-corrected chi connectivity index (χ4v) is 2.77. The number of carbonyl (C=O) groups excluding carboxylic acids is 1. The van der Waals surface area contributed by atoms with Crippen LogP contribution < -0.4 is 30.6 Å². The van der Waals surface area contributed by atoms with Crippen LogP contribution in [0.5, 0.6) is 17.2 Å². The third-order valence-electron chi connectivity index (χ3n) is 4.22. The summed E-state index contributed by atoms with van der Waals surface area (Å²) in [5.41, 5.74) is 7.00. The monoisotopic (exact) mass is 548 g/mol. The van der Waals surface area contributed by atoms with Crippen LogP contribution in [0.25, 0.3) is 0 Å². The van der Waals surface area contributed by atoms with Crippen LogP contribution in [-0.4, -0.2) is 31.8 Å². The fourth-order valence-electron chi connectivity index (χ4n) is 2.77. The molecule has 0 spiro atoms. The highest BCUT2D eigenvalue weighted by atomic mass is 127. The maximum absolute atomic E-state index is 12.8. The van der Waals surface area contributed by atoms with E-state index in [9.17, 15) is 13.6 Å². The highest BCUT2D eigenvalue weighted by Crippen LogP contribution is 2.38. The number of ether oxygens (including phenoxy) is 3. The number of primary amides is 1. The molecule has 31 heavy (non-hydrogen) atoms. The number of hydrogen-bond donors (Lipinski definition) is 3. The third kappa shape index (κ3) is 6.84. The molecule has 168 valence electrons. The number of guanidine groups is 1. The lowest BCUT2D eigenvalue weighted by molar-refractivity contribution is -0.0505. The van der Waals surface area contributed by atoms with Gasteiger partial charge in [0.25, 0.3) is 0 Å². The molecule has 11 heteroatoms. The average Bonchev–Trinajstić information content (AvgIpc) is 3.17. The van der Waals surface area contributed by atoms with Crippen LogP contribution in [0.4, 0.5) is 8.78 Å². The molecular weight excluding hydrogens is 525 g/mol. The van der Waals surface area contributed by atoms with E-state index in [4.69, 9.17) is 15.2 Å². The van der Waals surface area contributed by atoms with Crippen LogP contribution in [0, 0.1) is 0 Å². The predicted octanol–water partition coefficient (Wildman–Crippen LogP) is 2.99. The number of amides is 1. The summed E-state index contributed by atoms with van der Waals surface area (Å²) in [5, 5.41) is 6.17. The smallest absolute Gasteiger partial charge is 0.387 e. The molecule has 1 aliphatic heterocycles. The van der Waals surface area contributed by atoms with E-state index in [1.54, 1.807) is 30.3 Å². The summed E-state index contributed by atoms with van der Waals surface area (Å²) in [6.45, 7) is 0.0908. The van der Waals surface area contributed by atoms with Gasteiger partial charge >= 0.3 is 6.61 Å². The van der Waals surface area contributed by atoms with Crippen molar-refractivity contribution in [2.24, 2.45) is 10.7 Å². The number of benzene rings is 2. The lowest BCUT2D eigenvalue weighted by Crippen LogP contribution is -2.36. The van der Waals surface area contributed by atoms with E-state index in [-0.39, 0.29) is 43.1 Å². The molecule has 0 atom stereocenters. The zero-order valence-corrected chi connectivity index (χ0v) is 19.0. The van der Waals surface area contributed by atoms with Crippen LogP contribution in [0.1, 0.15) is 28.4 Å². The molecule has 0 fully saturated rings. The Morgan fingerprint density at radius 2 is 1.87 bits per heavy atom. The molecule has 4 N–H and O–H groups in total. The second-order valence-electron chi connectivity index (χ2n) is 6.30. The topological polar surface area (TPSA) is 107 Å². The first-order valence-corrected chi connectivity index (χ1v) is 9.24. The van der Waals surface area contributed by atoms with Gasteiger partial charge in [-0.1, -0.05) is 12.1 Å². The van der Waals surface area contributed by atoms with Gasteiger partial charge in [-0.25, -0.2) is 4.99 Å². The van der Waals surface area contributed by atoms with Crippen molar-refractivity contribution in [2.75, 3.05) is 13.3 Å². The lowest BCUT2D eigenvalue weighted by atomic mass is 10.1. The molecule has 2 aromatic rings. The minimum absolute atomic E-state index is 0. The molecule has 0 saturated carbocycles. The number of nitrogens with two attached hydrogens (primary N) is 1. The summed E-state index contributed by atoms with van der Waals surface area (Å²) >= 11 is 0. The fraction of sp³-hybridized carbons (Fsp3) is 0.300. The Morgan fingerprint density at radius 3 is 2.48 bits per heavy atom. The van der Waals surface area contributed by atoms with Gasteiger partial charge in [0.1, 0.15) is 5.75 Å². The van der Waals surface area contributed by atoms with Crippen LogP contribution >= 0.6 is 24.0 Å². The Hall–Kier alpha value is -2.83. The molecule has 1 amide bonds. The highest BCUT2D eigenvalue weighted by molar-refractivity contribution is 14.0. The van der Waals surface area contributed by atoms with Crippen LogP contribution in [0.2, 0.25) is 0 Å². The van der Waals surface area contributed by atoms with Gasteiger partial charge in [-0.15, -0.1) is 24.0 Å². The number of fused-ring (bicyclic) bond motifs is 1. The number of hydrogen-bond acceptors (Lipinski definition) is 5. The van der Waals surface area contributed by atoms with Gasteiger partial charge in [0.05, 0.1) is 6.54 Å². The molecule has 0 saturated heterocycles. The number of aliphatic imine (C=N–C) groups is 1. The second-order valence-corrected chi connectivity index (χ2v) is 6.30. The largest absolute Gasteiger partial charge is 0.454 e. The normalized spacial score (nSPS) is 12.3. The summed E-state index contributed by atoms with van der Waals surface area (Å²) in [6.07, 6.45) is 0. The first-order valence-electron chi connectivity index (χ1n) is 9.24. The maximum atomic E-state index is 12.8. The van der Waals surface area contributed by atoms with E-state index in [0.29, 0.717) is 41.7 Å². The van der Waals surface area contributed by atoms with Crippen molar-refractivity contribution in [2.45, 2.75) is 26.6 Å². The zero-order valence-electron chi connectivity index (χ0n) is 16.7. The number of rotatable bonds is 8. The Kier molecular flexibility index (Phi) is 9.09. The molecule has 0 aliphatic carbocycles. The van der Waals surface area contributed by atoms with Gasteiger partial charge in [-0.05, 0) is 30.7 Å². The zero-order chi connectivity index (χ0) is 21.5. The number of nitrogens with zero attached hydrogens (tertiary/aromatic N) is 1. The Labute approximate surface area is 195 Å². The SMILES string of the molecule is CCNC(=NCc1ccc(C(N)=O)cc1)NCc1cc2c(cc1OC(F)F)OCO2.I. The molecule has 1 aliphatic rings. The van der Waals surface area contributed by atoms with Crippen molar-refractivity contribution in [1.82, 2.24) is 10.6 Å². The molecule has 0 aromatic heterocycles. The standard InChI is InChI=1S/C20H22F2N4O4.HI/c1-2-24-20(25-9-12-3-5-13(6-4-12)18(23)27)26-10-14-7-16-17(29-11-28-16)8-15(14)30-19(21)22;/h3-8,19H,2,9-11H2,1H3,(H2,23,27)(H2,24,25,26);1H. The first kappa shape index (κ1) is 24.4. The minimum Gasteiger partial charge on any atom is -0.454 e. The van der Waals surface area contributed by atoms with Gasteiger partial charge in [-0.2, -0.15) is 8.78 Å². The van der Waals surface area contributed by atoms with E-state index in [0.717, 1.165) is 5.56 Å². The Bertz CT molecular complexity index is 926. The lowest BCUT2D eigenvalue weighted by Gasteiger charge is -2.15. The summed E-state index contributed by atoms with van der Waals surface area (Å²) in [5.74, 6) is 0.807. The number of nitrogens with one attached hydrogen (secondary N) is 2. The van der Waals surface area contributed by atoms with Gasteiger partial charge in [0.15, 0.2) is 17.5 Å². The van der Waals surface area contributed by atoms with Gasteiger partial charge in [0.2, 0.25) is 12.7 Å². The Morgan fingerprint density at radius 1 is 1.19 bits per heavy atom. The van der Waals surface area contributed by atoms with Crippen molar-refractivity contribution >= 4 is 35.8 Å². The molecule has 8 nitrogen and oxygen atoms in total. The summed E-state index contributed by atoms with van der Waals surface area (Å²) in [7, 11) is 0. The van der Waals surface area contributed by atoms with Crippen LogP contribution in [-0.2, 0) is 13.1 Å². The number of halogens is 3. The second kappa shape index (κ2) is 11.5. The average molecular weight is 548 g/mol. The molecule has 0 unspecified atom stereocenters. The van der Waals surface area contributed by atoms with Crippen LogP contribution in [0.15, 0.2) is 41.4 Å². The van der Waals surface area contributed by atoms with E-state index in [1.165, 1.54) is 6.07 Å². The summed E-state index contributed by atoms with van der Waals surface area (Å²) < 4.78 is 40.7. The van der Waals surface area contributed by atoms with Gasteiger partial charge in [-0.3, -0.25) is 4.79 Å². The molecular formula is C20H23F2IN4O4. The van der Waals surface area contributed by atoms with E-state index >= 15 is 0 Å². The minimum atomic E-state index is -2.96. The van der Waals surface area contributed by atoms with E-state index in [1.807, 2.05) is 6.92 Å². The number of carbonyl (C=O) groups is 1. The number of alkyl halides is 2. The van der Waals surface area contributed by atoms with E-state index in [2.05, 4.69) is 20.4 Å². The highest BCUT2D eigenvalue weighted by Gasteiger charge is 2.20. The van der Waals surface area contributed by atoms with Crippen molar-refractivity contribution < 1.29 is 27.8 Å². The maximum Gasteiger partial charge on any atom is 0.387 e. The Balaban J connectivity index is 0.00000341. The predicted molar refractivity (Wildman–Crippen MR) is 121 cm³/mol. The van der Waals surface area contributed by atoms with Gasteiger partial charge in [0, 0.05) is 30.3 Å².